The van der Waals surface area contributed by atoms with Gasteiger partial charge in [-0.05, 0) is 25.1 Å². The minimum Gasteiger partial charge on any atom is -0.508 e. The van der Waals surface area contributed by atoms with Crippen LogP contribution in [0.4, 0.5) is 0 Å². The van der Waals surface area contributed by atoms with Gasteiger partial charge in [0.05, 0.1) is 17.6 Å². The van der Waals surface area contributed by atoms with E-state index in [4.69, 9.17) is 5.11 Å². The van der Waals surface area contributed by atoms with Gasteiger partial charge in [-0.3, -0.25) is 4.79 Å². The molecule has 2 rings (SSSR count). The number of phenolic OH excluding ortho intramolecular Hbond substituents is 1. The molecule has 0 radical (unpaired) electrons. The quantitative estimate of drug-likeness (QED) is 0.793. The van der Waals surface area contributed by atoms with Gasteiger partial charge in [0, 0.05) is 5.39 Å². The second-order valence-corrected chi connectivity index (χ2v) is 3.49. The summed E-state index contributed by atoms with van der Waals surface area (Å²) in [6, 6.07) is 4.64. The maximum atomic E-state index is 10.7. The molecule has 1 heterocycles. The number of aryl methyl sites for hydroxylation is 1. The van der Waals surface area contributed by atoms with Gasteiger partial charge in [0.2, 0.25) is 0 Å². The van der Waals surface area contributed by atoms with Crippen LogP contribution in [-0.4, -0.2) is 26.2 Å². The Morgan fingerprint density at radius 3 is 2.81 bits per heavy atom. The molecule has 1 aromatic heterocycles. The van der Waals surface area contributed by atoms with Crippen molar-refractivity contribution >= 4 is 16.9 Å². The number of hydrogen-bond acceptors (Lipinski definition) is 4. The number of carboxylic acids is 1. The van der Waals surface area contributed by atoms with E-state index in [1.54, 1.807) is 13.0 Å². The van der Waals surface area contributed by atoms with E-state index in [1.165, 1.54) is 12.1 Å². The van der Waals surface area contributed by atoms with Crippen molar-refractivity contribution in [3.8, 4) is 5.75 Å². The Hall–Kier alpha value is -2.17. The zero-order chi connectivity index (χ0) is 11.7. The smallest absolute Gasteiger partial charge is 0.309 e. The number of hydrogen-bond donors (Lipinski definition) is 2. The van der Waals surface area contributed by atoms with Gasteiger partial charge >= 0.3 is 5.97 Å². The average Bonchev–Trinajstić information content (AvgIpc) is 2.18. The molecule has 0 aliphatic heterocycles. The third-order valence-electron chi connectivity index (χ3n) is 2.19. The maximum Gasteiger partial charge on any atom is 0.309 e. The summed E-state index contributed by atoms with van der Waals surface area (Å²) in [5.74, 6) is -0.358. The molecule has 0 fully saturated rings. The van der Waals surface area contributed by atoms with Crippen molar-refractivity contribution in [2.45, 2.75) is 13.3 Å². The highest BCUT2D eigenvalue weighted by atomic mass is 16.4. The van der Waals surface area contributed by atoms with Gasteiger partial charge in [0.25, 0.3) is 0 Å². The molecule has 0 atom stereocenters. The second kappa shape index (κ2) is 3.77. The lowest BCUT2D eigenvalue weighted by Crippen LogP contribution is -2.05. The van der Waals surface area contributed by atoms with Crippen LogP contribution in [0, 0.1) is 6.92 Å². The summed E-state index contributed by atoms with van der Waals surface area (Å²) in [4.78, 5) is 18.9. The van der Waals surface area contributed by atoms with Crippen molar-refractivity contribution in [3.63, 3.8) is 0 Å². The Morgan fingerprint density at radius 2 is 2.12 bits per heavy atom. The molecule has 2 N–H and O–H groups in total. The molecule has 82 valence electrons. The largest absolute Gasteiger partial charge is 0.508 e. The number of aliphatic carboxylic acids is 1. The maximum absolute atomic E-state index is 10.7. The van der Waals surface area contributed by atoms with Crippen molar-refractivity contribution < 1.29 is 15.0 Å². The molecular formula is C11H10N2O3. The van der Waals surface area contributed by atoms with Crippen LogP contribution in [0.3, 0.4) is 0 Å². The van der Waals surface area contributed by atoms with Crippen molar-refractivity contribution in [1.82, 2.24) is 9.97 Å². The topological polar surface area (TPSA) is 83.3 Å². The van der Waals surface area contributed by atoms with Crippen molar-refractivity contribution in [1.29, 1.82) is 0 Å². The molecule has 0 spiro atoms. The lowest BCUT2D eigenvalue weighted by Gasteiger charge is -2.05. The lowest BCUT2D eigenvalue weighted by molar-refractivity contribution is -0.136. The number of aromatic hydroxyl groups is 1. The van der Waals surface area contributed by atoms with Crippen molar-refractivity contribution in [2.24, 2.45) is 0 Å². The van der Waals surface area contributed by atoms with Gasteiger partial charge < -0.3 is 10.2 Å². The third-order valence-corrected chi connectivity index (χ3v) is 2.19. The van der Waals surface area contributed by atoms with Crippen LogP contribution in [0.2, 0.25) is 0 Å². The number of fused-ring (bicyclic) bond motifs is 1. The molecule has 0 bridgehead atoms. The zero-order valence-corrected chi connectivity index (χ0v) is 8.64. The summed E-state index contributed by atoms with van der Waals surface area (Å²) in [5.41, 5.74) is 1.06. The van der Waals surface area contributed by atoms with E-state index in [1.807, 2.05) is 0 Å². The summed E-state index contributed by atoms with van der Waals surface area (Å²) in [6.07, 6.45) is -0.177. The zero-order valence-electron chi connectivity index (χ0n) is 8.64. The van der Waals surface area contributed by atoms with Crippen molar-refractivity contribution in [3.05, 3.63) is 29.7 Å². The molecule has 0 saturated carbocycles. The molecular weight excluding hydrogens is 208 g/mol. The molecule has 5 nitrogen and oxygen atoms in total. The number of nitrogens with zero attached hydrogens (tertiary/aromatic N) is 2. The SMILES string of the molecule is Cc1nc(CC(=O)O)c2cc(O)ccc2n1. The first-order valence-electron chi connectivity index (χ1n) is 4.74. The number of phenols is 1. The normalized spacial score (nSPS) is 10.6. The van der Waals surface area contributed by atoms with Crippen molar-refractivity contribution in [2.75, 3.05) is 0 Å². The molecule has 0 saturated heterocycles. The Bertz CT molecular complexity index is 566. The third kappa shape index (κ3) is 1.93. The van der Waals surface area contributed by atoms with Crippen LogP contribution in [0.1, 0.15) is 11.5 Å². The number of carbonyl (C=O) groups is 1. The van der Waals surface area contributed by atoms with E-state index in [2.05, 4.69) is 9.97 Å². The molecule has 1 aromatic carbocycles. The molecule has 0 aliphatic carbocycles. The van der Waals surface area contributed by atoms with E-state index in [9.17, 15) is 9.90 Å². The number of rotatable bonds is 2. The molecule has 16 heavy (non-hydrogen) atoms. The molecule has 0 amide bonds. The van der Waals surface area contributed by atoms with E-state index < -0.39 is 5.97 Å². The standard InChI is InChI=1S/C11H10N2O3/c1-6-12-9-3-2-7(14)4-8(9)10(13-6)5-11(15)16/h2-4,14H,5H2,1H3,(H,15,16). The van der Waals surface area contributed by atoms with Gasteiger partial charge in [-0.1, -0.05) is 0 Å². The average molecular weight is 218 g/mol. The van der Waals surface area contributed by atoms with Gasteiger partial charge in [0.1, 0.15) is 11.6 Å². The highest BCUT2D eigenvalue weighted by Crippen LogP contribution is 2.21. The van der Waals surface area contributed by atoms with Gasteiger partial charge in [-0.15, -0.1) is 0 Å². The van der Waals surface area contributed by atoms with E-state index in [-0.39, 0.29) is 12.2 Å². The number of carboxylic acid groups (broad SMARTS) is 1. The molecule has 2 aromatic rings. The van der Waals surface area contributed by atoms with E-state index in [0.717, 1.165) is 0 Å². The summed E-state index contributed by atoms with van der Waals surface area (Å²) in [5, 5.41) is 18.7. The van der Waals surface area contributed by atoms with Crippen LogP contribution in [0.15, 0.2) is 18.2 Å². The first-order chi connectivity index (χ1) is 7.56. The van der Waals surface area contributed by atoms with Crippen LogP contribution in [0.5, 0.6) is 5.75 Å². The fraction of sp³-hybridized carbons (Fsp3) is 0.182. The lowest BCUT2D eigenvalue weighted by atomic mass is 10.1. The predicted molar refractivity (Wildman–Crippen MR) is 57.3 cm³/mol. The van der Waals surface area contributed by atoms with E-state index in [0.29, 0.717) is 22.4 Å². The fourth-order valence-electron chi connectivity index (χ4n) is 1.59. The highest BCUT2D eigenvalue weighted by molar-refractivity contribution is 5.85. The van der Waals surface area contributed by atoms with Gasteiger partial charge in [0.15, 0.2) is 0 Å². The fourth-order valence-corrected chi connectivity index (χ4v) is 1.59. The Balaban J connectivity index is 2.69. The number of aromatic nitrogens is 2. The van der Waals surface area contributed by atoms with Gasteiger partial charge in [-0.2, -0.15) is 0 Å². The summed E-state index contributed by atoms with van der Waals surface area (Å²) in [6.45, 7) is 1.71. The monoisotopic (exact) mass is 218 g/mol. The first-order valence-corrected chi connectivity index (χ1v) is 4.74. The molecule has 0 aliphatic rings. The molecule has 0 unspecified atom stereocenters. The Labute approximate surface area is 91.4 Å². The minimum absolute atomic E-state index is 0.0755. The Kier molecular flexibility index (Phi) is 2.44. The predicted octanol–water partition coefficient (Wildman–Crippen LogP) is 1.27. The first kappa shape index (κ1) is 10.4. The molecule has 5 heteroatoms. The van der Waals surface area contributed by atoms with Gasteiger partial charge in [-0.25, -0.2) is 9.97 Å². The van der Waals surface area contributed by atoms with Crippen LogP contribution >= 0.6 is 0 Å². The Morgan fingerprint density at radius 1 is 1.38 bits per heavy atom. The number of benzene rings is 1. The van der Waals surface area contributed by atoms with E-state index >= 15 is 0 Å². The summed E-state index contributed by atoms with van der Waals surface area (Å²) < 4.78 is 0. The summed E-state index contributed by atoms with van der Waals surface area (Å²) >= 11 is 0. The van der Waals surface area contributed by atoms with Crippen LogP contribution in [0.25, 0.3) is 10.9 Å². The summed E-state index contributed by atoms with van der Waals surface area (Å²) in [7, 11) is 0. The highest BCUT2D eigenvalue weighted by Gasteiger charge is 2.09. The van der Waals surface area contributed by atoms with Crippen LogP contribution in [-0.2, 0) is 11.2 Å². The van der Waals surface area contributed by atoms with Crippen LogP contribution < -0.4 is 0 Å². The second-order valence-electron chi connectivity index (χ2n) is 3.49. The minimum atomic E-state index is -0.956.